The maximum Gasteiger partial charge on any atom is 0.110 e. The van der Waals surface area contributed by atoms with Crippen LogP contribution < -0.4 is 5.32 Å². The van der Waals surface area contributed by atoms with Crippen molar-refractivity contribution in [3.8, 4) is 0 Å². The molecule has 0 radical (unpaired) electrons. The zero-order chi connectivity index (χ0) is 12.1. The van der Waals surface area contributed by atoms with Gasteiger partial charge < -0.3 is 10.1 Å². The average molecular weight is 254 g/mol. The summed E-state index contributed by atoms with van der Waals surface area (Å²) in [6, 6.07) is 0.383. The number of ether oxygens (including phenoxy) is 1. The lowest BCUT2D eigenvalue weighted by molar-refractivity contribution is 0.0390. The second-order valence-corrected chi connectivity index (χ2v) is 5.63. The fraction of sp³-hybridized carbons (Fsp3) is 0.769. The van der Waals surface area contributed by atoms with Gasteiger partial charge in [-0.15, -0.1) is 11.3 Å². The number of rotatable bonds is 5. The molecule has 1 aromatic rings. The largest absolute Gasteiger partial charge is 0.381 e. The molecular weight excluding hydrogens is 232 g/mol. The van der Waals surface area contributed by atoms with Crippen LogP contribution in [0.25, 0.3) is 0 Å². The van der Waals surface area contributed by atoms with Crippen LogP contribution in [0.15, 0.2) is 5.38 Å². The molecule has 3 nitrogen and oxygen atoms in total. The highest BCUT2D eigenvalue weighted by Crippen LogP contribution is 2.30. The molecule has 1 aliphatic rings. The van der Waals surface area contributed by atoms with Gasteiger partial charge in [-0.05, 0) is 32.7 Å². The predicted octanol–water partition coefficient (Wildman–Crippen LogP) is 2.92. The molecule has 2 atom stereocenters. The van der Waals surface area contributed by atoms with E-state index in [2.05, 4.69) is 29.5 Å². The molecule has 2 rings (SSSR count). The maximum atomic E-state index is 5.61. The lowest BCUT2D eigenvalue weighted by atomic mass is 9.94. The first-order valence-electron chi connectivity index (χ1n) is 6.54. The van der Waals surface area contributed by atoms with E-state index in [0.717, 1.165) is 31.9 Å². The molecule has 4 heteroatoms. The number of nitrogens with zero attached hydrogens (tertiary/aromatic N) is 1. The monoisotopic (exact) mass is 254 g/mol. The van der Waals surface area contributed by atoms with Crippen LogP contribution in [-0.4, -0.2) is 24.7 Å². The maximum absolute atomic E-state index is 5.61. The van der Waals surface area contributed by atoms with Gasteiger partial charge in [-0.2, -0.15) is 0 Å². The van der Waals surface area contributed by atoms with Crippen molar-refractivity contribution in [2.75, 3.05) is 19.8 Å². The third-order valence-corrected chi connectivity index (χ3v) is 4.23. The van der Waals surface area contributed by atoms with E-state index < -0.39 is 0 Å². The van der Waals surface area contributed by atoms with E-state index in [-0.39, 0.29) is 0 Å². The summed E-state index contributed by atoms with van der Waals surface area (Å²) in [6.45, 7) is 7.12. The Hall–Kier alpha value is -0.450. The van der Waals surface area contributed by atoms with Crippen LogP contribution in [0.3, 0.4) is 0 Å². The van der Waals surface area contributed by atoms with Crippen molar-refractivity contribution in [3.63, 3.8) is 0 Å². The Balaban J connectivity index is 2.06. The molecular formula is C13H22N2OS. The first kappa shape index (κ1) is 13.0. The van der Waals surface area contributed by atoms with Crippen LogP contribution in [0, 0.1) is 12.8 Å². The third kappa shape index (κ3) is 3.50. The minimum atomic E-state index is 0.383. The Morgan fingerprint density at radius 2 is 2.53 bits per heavy atom. The lowest BCUT2D eigenvalue weighted by Crippen LogP contribution is -2.33. The Kier molecular flexibility index (Phi) is 4.95. The van der Waals surface area contributed by atoms with Gasteiger partial charge in [-0.3, -0.25) is 0 Å². The molecule has 1 fully saturated rings. The SMILES string of the molecule is CCCNC(c1nc(C)cs1)C1CCCOC1. The number of thiazole rings is 1. The minimum Gasteiger partial charge on any atom is -0.381 e. The Bertz CT molecular complexity index is 334. The molecule has 17 heavy (non-hydrogen) atoms. The third-order valence-electron chi connectivity index (χ3n) is 3.18. The molecule has 0 spiro atoms. The Morgan fingerprint density at radius 1 is 1.65 bits per heavy atom. The highest BCUT2D eigenvalue weighted by Gasteiger charge is 2.27. The van der Waals surface area contributed by atoms with Crippen molar-refractivity contribution in [1.82, 2.24) is 10.3 Å². The fourth-order valence-corrected chi connectivity index (χ4v) is 3.26. The predicted molar refractivity (Wildman–Crippen MR) is 71.4 cm³/mol. The Morgan fingerprint density at radius 3 is 3.12 bits per heavy atom. The van der Waals surface area contributed by atoms with E-state index in [1.54, 1.807) is 11.3 Å². The smallest absolute Gasteiger partial charge is 0.110 e. The van der Waals surface area contributed by atoms with E-state index in [4.69, 9.17) is 4.74 Å². The van der Waals surface area contributed by atoms with Gasteiger partial charge in [-0.25, -0.2) is 4.98 Å². The van der Waals surface area contributed by atoms with E-state index in [9.17, 15) is 0 Å². The molecule has 96 valence electrons. The van der Waals surface area contributed by atoms with Crippen LogP contribution in [0.4, 0.5) is 0 Å². The van der Waals surface area contributed by atoms with Crippen LogP contribution in [0.2, 0.25) is 0 Å². The Labute approximate surface area is 108 Å². The van der Waals surface area contributed by atoms with Crippen LogP contribution in [0.1, 0.15) is 42.9 Å². The quantitative estimate of drug-likeness (QED) is 0.877. The highest BCUT2D eigenvalue weighted by atomic mass is 32.1. The molecule has 2 heterocycles. The summed E-state index contributed by atoms with van der Waals surface area (Å²) in [5.41, 5.74) is 1.13. The zero-order valence-electron chi connectivity index (χ0n) is 10.7. The van der Waals surface area contributed by atoms with Crippen LogP contribution >= 0.6 is 11.3 Å². The van der Waals surface area contributed by atoms with Crippen molar-refractivity contribution in [2.45, 2.75) is 39.2 Å². The lowest BCUT2D eigenvalue weighted by Gasteiger charge is -2.29. The first-order chi connectivity index (χ1) is 8.31. The van der Waals surface area contributed by atoms with Gasteiger partial charge in [0, 0.05) is 23.6 Å². The summed E-state index contributed by atoms with van der Waals surface area (Å²) in [7, 11) is 0. The molecule has 0 amide bonds. The van der Waals surface area contributed by atoms with Crippen molar-refractivity contribution >= 4 is 11.3 Å². The van der Waals surface area contributed by atoms with Crippen LogP contribution in [0.5, 0.6) is 0 Å². The minimum absolute atomic E-state index is 0.383. The van der Waals surface area contributed by atoms with Crippen molar-refractivity contribution in [3.05, 3.63) is 16.1 Å². The van der Waals surface area contributed by atoms with Gasteiger partial charge in [0.1, 0.15) is 5.01 Å². The van der Waals surface area contributed by atoms with Crippen molar-refractivity contribution in [1.29, 1.82) is 0 Å². The van der Waals surface area contributed by atoms with E-state index >= 15 is 0 Å². The summed E-state index contributed by atoms with van der Waals surface area (Å²) in [5, 5.41) is 7.00. The number of hydrogen-bond donors (Lipinski definition) is 1. The highest BCUT2D eigenvalue weighted by molar-refractivity contribution is 7.09. The summed E-state index contributed by atoms with van der Waals surface area (Å²) in [5.74, 6) is 0.584. The zero-order valence-corrected chi connectivity index (χ0v) is 11.6. The molecule has 0 saturated carbocycles. The molecule has 1 aromatic heterocycles. The number of aromatic nitrogens is 1. The van der Waals surface area contributed by atoms with Gasteiger partial charge in [0.2, 0.25) is 0 Å². The summed E-state index contributed by atoms with van der Waals surface area (Å²) < 4.78 is 5.61. The standard InChI is InChI=1S/C13H22N2OS/c1-3-6-14-12(11-5-4-7-16-8-11)13-15-10(2)9-17-13/h9,11-12,14H,3-8H2,1-2H3. The molecule has 1 aliphatic heterocycles. The summed E-state index contributed by atoms with van der Waals surface area (Å²) in [4.78, 5) is 4.64. The second-order valence-electron chi connectivity index (χ2n) is 4.74. The summed E-state index contributed by atoms with van der Waals surface area (Å²) >= 11 is 1.77. The number of hydrogen-bond acceptors (Lipinski definition) is 4. The number of nitrogens with one attached hydrogen (secondary N) is 1. The van der Waals surface area contributed by atoms with Crippen molar-refractivity contribution < 1.29 is 4.74 Å². The van der Waals surface area contributed by atoms with Gasteiger partial charge in [-0.1, -0.05) is 6.92 Å². The van der Waals surface area contributed by atoms with Gasteiger partial charge in [0.25, 0.3) is 0 Å². The normalized spacial score (nSPS) is 22.6. The van der Waals surface area contributed by atoms with Crippen molar-refractivity contribution in [2.24, 2.45) is 5.92 Å². The van der Waals surface area contributed by atoms with Gasteiger partial charge >= 0.3 is 0 Å². The van der Waals surface area contributed by atoms with E-state index in [1.165, 1.54) is 17.8 Å². The molecule has 0 aromatic carbocycles. The van der Waals surface area contributed by atoms with Gasteiger partial charge in [0.15, 0.2) is 0 Å². The van der Waals surface area contributed by atoms with E-state index in [0.29, 0.717) is 12.0 Å². The molecule has 2 unspecified atom stereocenters. The molecule has 0 aliphatic carbocycles. The topological polar surface area (TPSA) is 34.2 Å². The molecule has 0 bridgehead atoms. The molecule has 1 saturated heterocycles. The first-order valence-corrected chi connectivity index (χ1v) is 7.42. The summed E-state index contributed by atoms with van der Waals surface area (Å²) in [6.07, 6.45) is 3.59. The van der Waals surface area contributed by atoms with Gasteiger partial charge in [0.05, 0.1) is 12.6 Å². The second kappa shape index (κ2) is 6.47. The molecule has 1 N–H and O–H groups in total. The fourth-order valence-electron chi connectivity index (χ4n) is 2.30. The number of aryl methyl sites for hydroxylation is 1. The van der Waals surface area contributed by atoms with E-state index in [1.807, 2.05) is 0 Å². The van der Waals surface area contributed by atoms with Crippen LogP contribution in [-0.2, 0) is 4.74 Å². The average Bonchev–Trinajstić information content (AvgIpc) is 2.78.